The number of rotatable bonds is 2. The van der Waals surface area contributed by atoms with E-state index < -0.39 is 0 Å². The molecule has 0 spiro atoms. The Morgan fingerprint density at radius 1 is 1.11 bits per heavy atom. The van der Waals surface area contributed by atoms with Crippen molar-refractivity contribution in [2.45, 2.75) is 6.42 Å². The van der Waals surface area contributed by atoms with E-state index in [0.29, 0.717) is 10.8 Å². The van der Waals surface area contributed by atoms with Crippen LogP contribution in [-0.2, 0) is 6.42 Å². The fourth-order valence-corrected chi connectivity index (χ4v) is 2.38. The maximum atomic E-state index is 6.14. The lowest BCUT2D eigenvalue weighted by Gasteiger charge is -2.02. The van der Waals surface area contributed by atoms with E-state index in [1.807, 2.05) is 40.9 Å². The molecule has 3 nitrogen and oxygen atoms in total. The van der Waals surface area contributed by atoms with Crippen molar-refractivity contribution in [3.05, 3.63) is 65.2 Å². The quantitative estimate of drug-likeness (QED) is 0.766. The molecule has 0 unspecified atom stereocenters. The van der Waals surface area contributed by atoms with Crippen molar-refractivity contribution < 1.29 is 0 Å². The summed E-state index contributed by atoms with van der Waals surface area (Å²) < 4.78 is 1.95. The van der Waals surface area contributed by atoms with Crippen LogP contribution in [-0.4, -0.2) is 9.38 Å². The highest BCUT2D eigenvalue weighted by molar-refractivity contribution is 6.33. The Labute approximate surface area is 110 Å². The summed E-state index contributed by atoms with van der Waals surface area (Å²) >= 11 is 6.14. The lowest BCUT2D eigenvalue weighted by atomic mass is 10.1. The van der Waals surface area contributed by atoms with Gasteiger partial charge in [0.2, 0.25) is 0 Å². The summed E-state index contributed by atoms with van der Waals surface area (Å²) in [4.78, 5) is 4.39. The van der Waals surface area contributed by atoms with E-state index in [0.717, 1.165) is 17.8 Å². The predicted molar refractivity (Wildman–Crippen MR) is 73.9 cm³/mol. The first-order chi connectivity index (χ1) is 8.75. The Morgan fingerprint density at radius 3 is 2.67 bits per heavy atom. The number of nitrogen functional groups attached to an aromatic ring is 1. The van der Waals surface area contributed by atoms with Crippen molar-refractivity contribution in [3.8, 4) is 0 Å². The Bertz CT molecular complexity index is 689. The first kappa shape index (κ1) is 11.1. The molecular weight excluding hydrogens is 246 g/mol. The van der Waals surface area contributed by atoms with Crippen LogP contribution in [0.4, 0.5) is 5.69 Å². The van der Waals surface area contributed by atoms with Crippen LogP contribution in [0.2, 0.25) is 5.15 Å². The third-order valence-electron chi connectivity index (χ3n) is 2.93. The zero-order valence-corrected chi connectivity index (χ0v) is 10.4. The molecule has 3 rings (SSSR count). The number of halogens is 1. The van der Waals surface area contributed by atoms with Crippen molar-refractivity contribution in [2.75, 3.05) is 5.73 Å². The largest absolute Gasteiger partial charge is 0.397 e. The number of anilines is 1. The molecule has 3 aromatic rings. The van der Waals surface area contributed by atoms with Crippen LogP contribution in [0.3, 0.4) is 0 Å². The molecule has 0 saturated carbocycles. The molecule has 0 radical (unpaired) electrons. The smallest absolute Gasteiger partial charge is 0.157 e. The molecule has 2 aromatic heterocycles. The molecule has 0 fully saturated rings. The topological polar surface area (TPSA) is 43.3 Å². The van der Waals surface area contributed by atoms with Crippen molar-refractivity contribution in [1.82, 2.24) is 9.38 Å². The molecule has 0 aliphatic heterocycles. The van der Waals surface area contributed by atoms with Gasteiger partial charge in [0.15, 0.2) is 5.15 Å². The molecule has 2 N–H and O–H groups in total. The SMILES string of the molecule is Nc1cccn2c(Cc3ccccc3)nc(Cl)c12. The second-order valence-corrected chi connectivity index (χ2v) is 4.52. The van der Waals surface area contributed by atoms with E-state index in [4.69, 9.17) is 17.3 Å². The van der Waals surface area contributed by atoms with E-state index in [1.54, 1.807) is 0 Å². The average molecular weight is 258 g/mol. The fraction of sp³-hybridized carbons (Fsp3) is 0.0714. The van der Waals surface area contributed by atoms with Crippen molar-refractivity contribution >= 4 is 22.8 Å². The molecule has 0 atom stereocenters. The fourth-order valence-electron chi connectivity index (χ4n) is 2.08. The standard InChI is InChI=1S/C14H12ClN3/c15-14-13-11(16)7-4-8-18(13)12(17-14)9-10-5-2-1-3-6-10/h1-8H,9,16H2. The molecule has 0 aliphatic rings. The molecule has 0 aliphatic carbocycles. The van der Waals surface area contributed by atoms with E-state index >= 15 is 0 Å². The highest BCUT2D eigenvalue weighted by Gasteiger charge is 2.11. The van der Waals surface area contributed by atoms with E-state index in [1.165, 1.54) is 5.56 Å². The number of nitrogens with two attached hydrogens (primary N) is 1. The number of hydrogen-bond donors (Lipinski definition) is 1. The molecule has 0 saturated heterocycles. The lowest BCUT2D eigenvalue weighted by molar-refractivity contribution is 0.962. The van der Waals surface area contributed by atoms with Crippen molar-refractivity contribution in [2.24, 2.45) is 0 Å². The van der Waals surface area contributed by atoms with Crippen LogP contribution in [0.15, 0.2) is 48.7 Å². The van der Waals surface area contributed by atoms with E-state index in [9.17, 15) is 0 Å². The molecular formula is C14H12ClN3. The van der Waals surface area contributed by atoms with Gasteiger partial charge in [-0.15, -0.1) is 0 Å². The third kappa shape index (κ3) is 1.83. The summed E-state index contributed by atoms with van der Waals surface area (Å²) in [5, 5.41) is 0.457. The summed E-state index contributed by atoms with van der Waals surface area (Å²) in [5.41, 5.74) is 8.55. The van der Waals surface area contributed by atoms with Gasteiger partial charge in [0, 0.05) is 12.6 Å². The monoisotopic (exact) mass is 257 g/mol. The Balaban J connectivity index is 2.11. The zero-order chi connectivity index (χ0) is 12.5. The minimum Gasteiger partial charge on any atom is -0.397 e. The summed E-state index contributed by atoms with van der Waals surface area (Å²) in [6.07, 6.45) is 2.67. The average Bonchev–Trinajstić information content (AvgIpc) is 2.69. The maximum Gasteiger partial charge on any atom is 0.157 e. The first-order valence-corrected chi connectivity index (χ1v) is 6.08. The summed E-state index contributed by atoms with van der Waals surface area (Å²) in [6, 6.07) is 13.9. The van der Waals surface area contributed by atoms with Gasteiger partial charge in [-0.1, -0.05) is 41.9 Å². The zero-order valence-electron chi connectivity index (χ0n) is 9.68. The van der Waals surface area contributed by atoms with Crippen molar-refractivity contribution in [3.63, 3.8) is 0 Å². The second kappa shape index (κ2) is 4.35. The van der Waals surface area contributed by atoms with Crippen LogP contribution < -0.4 is 5.73 Å². The number of hydrogen-bond acceptors (Lipinski definition) is 2. The molecule has 90 valence electrons. The summed E-state index contributed by atoms with van der Waals surface area (Å²) in [6.45, 7) is 0. The second-order valence-electron chi connectivity index (χ2n) is 4.16. The normalized spacial score (nSPS) is 10.9. The predicted octanol–water partition coefficient (Wildman–Crippen LogP) is 3.16. The molecule has 4 heteroatoms. The van der Waals surface area contributed by atoms with Gasteiger partial charge in [0.1, 0.15) is 11.3 Å². The minimum atomic E-state index is 0.457. The van der Waals surface area contributed by atoms with Gasteiger partial charge in [-0.2, -0.15) is 0 Å². The van der Waals surface area contributed by atoms with Gasteiger partial charge in [-0.05, 0) is 17.7 Å². The van der Waals surface area contributed by atoms with E-state index in [2.05, 4.69) is 17.1 Å². The number of pyridine rings is 1. The summed E-state index contributed by atoms with van der Waals surface area (Å²) in [7, 11) is 0. The van der Waals surface area contributed by atoms with Crippen LogP contribution in [0.5, 0.6) is 0 Å². The van der Waals surface area contributed by atoms with Gasteiger partial charge < -0.3 is 10.1 Å². The van der Waals surface area contributed by atoms with Gasteiger partial charge in [-0.25, -0.2) is 4.98 Å². The maximum absolute atomic E-state index is 6.14. The first-order valence-electron chi connectivity index (χ1n) is 5.70. The molecule has 1 aromatic carbocycles. The Kier molecular flexibility index (Phi) is 2.68. The summed E-state index contributed by atoms with van der Waals surface area (Å²) in [5.74, 6) is 0.897. The highest BCUT2D eigenvalue weighted by Crippen LogP contribution is 2.24. The molecule has 0 bridgehead atoms. The molecule has 18 heavy (non-hydrogen) atoms. The number of aromatic nitrogens is 2. The number of imidazole rings is 1. The molecule has 2 heterocycles. The number of benzene rings is 1. The Hall–Kier alpha value is -2.00. The van der Waals surface area contributed by atoms with Crippen LogP contribution in [0, 0.1) is 0 Å². The minimum absolute atomic E-state index is 0.457. The third-order valence-corrected chi connectivity index (χ3v) is 3.19. The van der Waals surface area contributed by atoms with Crippen LogP contribution >= 0.6 is 11.6 Å². The van der Waals surface area contributed by atoms with Gasteiger partial charge >= 0.3 is 0 Å². The number of fused-ring (bicyclic) bond motifs is 1. The van der Waals surface area contributed by atoms with Gasteiger partial charge in [-0.3, -0.25) is 0 Å². The van der Waals surface area contributed by atoms with Gasteiger partial charge in [0.05, 0.1) is 5.69 Å². The highest BCUT2D eigenvalue weighted by atomic mass is 35.5. The lowest BCUT2D eigenvalue weighted by Crippen LogP contribution is -1.97. The van der Waals surface area contributed by atoms with Crippen LogP contribution in [0.25, 0.3) is 5.52 Å². The number of nitrogens with zero attached hydrogens (tertiary/aromatic N) is 2. The van der Waals surface area contributed by atoms with Crippen molar-refractivity contribution in [1.29, 1.82) is 0 Å². The van der Waals surface area contributed by atoms with E-state index in [-0.39, 0.29) is 0 Å². The van der Waals surface area contributed by atoms with Crippen LogP contribution in [0.1, 0.15) is 11.4 Å². The van der Waals surface area contributed by atoms with Gasteiger partial charge in [0.25, 0.3) is 0 Å². The Morgan fingerprint density at radius 2 is 1.89 bits per heavy atom. The molecule has 0 amide bonds.